The molecule has 0 aliphatic heterocycles. The zero-order valence-corrected chi connectivity index (χ0v) is 12.4. The highest BCUT2D eigenvalue weighted by molar-refractivity contribution is 5.82. The molecule has 0 radical (unpaired) electrons. The average Bonchev–Trinajstić information content (AvgIpc) is 3.12. The number of furan rings is 1. The number of para-hydroxylation sites is 1. The Morgan fingerprint density at radius 2 is 2.05 bits per heavy atom. The summed E-state index contributed by atoms with van der Waals surface area (Å²) in [6, 6.07) is 10.0. The number of hydrogen-bond acceptors (Lipinski definition) is 3. The molecule has 4 nitrogen and oxygen atoms in total. The van der Waals surface area contributed by atoms with Gasteiger partial charge in [0.1, 0.15) is 5.76 Å². The van der Waals surface area contributed by atoms with Gasteiger partial charge in [-0.3, -0.25) is 4.68 Å². The second-order valence-electron chi connectivity index (χ2n) is 5.15. The van der Waals surface area contributed by atoms with Crippen molar-refractivity contribution in [2.24, 2.45) is 0 Å². The molecule has 1 atom stereocenters. The van der Waals surface area contributed by atoms with E-state index >= 15 is 0 Å². The third-order valence-electron chi connectivity index (χ3n) is 3.88. The standard InChI is InChI=1S/C17H20N2O2/c1-3-17-13(9-10-21-17)16(20)11-14-12-7-5-6-8-15(12)19(4-2)18-14/h5-10,16,20H,3-4,11H2,1-2H3. The summed E-state index contributed by atoms with van der Waals surface area (Å²) in [5.74, 6) is 0.849. The van der Waals surface area contributed by atoms with Crippen LogP contribution in [0.4, 0.5) is 0 Å². The Hall–Kier alpha value is -2.07. The molecule has 3 aromatic rings. The molecule has 0 fully saturated rings. The Morgan fingerprint density at radius 1 is 1.24 bits per heavy atom. The summed E-state index contributed by atoms with van der Waals surface area (Å²) in [7, 11) is 0. The Morgan fingerprint density at radius 3 is 2.81 bits per heavy atom. The Kier molecular flexibility index (Phi) is 3.80. The van der Waals surface area contributed by atoms with Gasteiger partial charge in [0.25, 0.3) is 0 Å². The van der Waals surface area contributed by atoms with E-state index in [2.05, 4.69) is 24.2 Å². The summed E-state index contributed by atoms with van der Waals surface area (Å²) < 4.78 is 7.38. The van der Waals surface area contributed by atoms with Crippen molar-refractivity contribution in [2.75, 3.05) is 0 Å². The fraction of sp³-hybridized carbons (Fsp3) is 0.353. The summed E-state index contributed by atoms with van der Waals surface area (Å²) in [4.78, 5) is 0. The third-order valence-corrected chi connectivity index (χ3v) is 3.88. The van der Waals surface area contributed by atoms with E-state index < -0.39 is 6.10 Å². The zero-order chi connectivity index (χ0) is 14.8. The first-order valence-electron chi connectivity index (χ1n) is 7.43. The number of aliphatic hydroxyl groups is 1. The van der Waals surface area contributed by atoms with Crippen LogP contribution in [0, 0.1) is 0 Å². The number of benzene rings is 1. The van der Waals surface area contributed by atoms with Crippen molar-refractivity contribution in [1.29, 1.82) is 0 Å². The quantitative estimate of drug-likeness (QED) is 0.780. The third kappa shape index (κ3) is 2.47. The lowest BCUT2D eigenvalue weighted by molar-refractivity contribution is 0.174. The van der Waals surface area contributed by atoms with E-state index in [9.17, 15) is 5.11 Å². The monoisotopic (exact) mass is 284 g/mol. The first kappa shape index (κ1) is 13.9. The van der Waals surface area contributed by atoms with E-state index in [0.29, 0.717) is 6.42 Å². The number of hydrogen-bond donors (Lipinski definition) is 1. The summed E-state index contributed by atoms with van der Waals surface area (Å²) in [6.45, 7) is 4.92. The van der Waals surface area contributed by atoms with Gasteiger partial charge in [-0.1, -0.05) is 25.1 Å². The van der Waals surface area contributed by atoms with Gasteiger partial charge in [-0.15, -0.1) is 0 Å². The fourth-order valence-corrected chi connectivity index (χ4v) is 2.82. The van der Waals surface area contributed by atoms with E-state index in [4.69, 9.17) is 4.42 Å². The molecule has 0 saturated heterocycles. The minimum absolute atomic E-state index is 0.500. The van der Waals surface area contributed by atoms with E-state index in [-0.39, 0.29) is 0 Å². The lowest BCUT2D eigenvalue weighted by Gasteiger charge is -2.09. The molecule has 1 aromatic carbocycles. The maximum Gasteiger partial charge on any atom is 0.109 e. The molecule has 1 N–H and O–H groups in total. The summed E-state index contributed by atoms with van der Waals surface area (Å²) in [6.07, 6.45) is 2.34. The van der Waals surface area contributed by atoms with Crippen molar-refractivity contribution < 1.29 is 9.52 Å². The number of aromatic nitrogens is 2. The van der Waals surface area contributed by atoms with Gasteiger partial charge in [-0.25, -0.2) is 0 Å². The predicted octanol–water partition coefficient (Wildman–Crippen LogP) is 3.49. The predicted molar refractivity (Wildman–Crippen MR) is 82.2 cm³/mol. The van der Waals surface area contributed by atoms with Crippen LogP contribution in [0.1, 0.15) is 37.0 Å². The van der Waals surface area contributed by atoms with Gasteiger partial charge in [0.05, 0.1) is 23.6 Å². The molecule has 21 heavy (non-hydrogen) atoms. The molecule has 2 heterocycles. The minimum atomic E-state index is -0.581. The SMILES string of the molecule is CCc1occc1C(O)Cc1nn(CC)c2ccccc12. The van der Waals surface area contributed by atoms with Crippen molar-refractivity contribution in [3.05, 3.63) is 53.6 Å². The highest BCUT2D eigenvalue weighted by Gasteiger charge is 2.18. The molecular weight excluding hydrogens is 264 g/mol. The lowest BCUT2D eigenvalue weighted by atomic mass is 10.0. The van der Waals surface area contributed by atoms with Gasteiger partial charge in [0, 0.05) is 30.3 Å². The van der Waals surface area contributed by atoms with Crippen molar-refractivity contribution >= 4 is 10.9 Å². The van der Waals surface area contributed by atoms with Crippen molar-refractivity contribution in [2.45, 2.75) is 39.3 Å². The molecule has 2 aromatic heterocycles. The van der Waals surface area contributed by atoms with Crippen LogP contribution in [-0.2, 0) is 19.4 Å². The smallest absolute Gasteiger partial charge is 0.109 e. The Balaban J connectivity index is 1.95. The van der Waals surface area contributed by atoms with Crippen molar-refractivity contribution in [3.63, 3.8) is 0 Å². The molecular formula is C17H20N2O2. The van der Waals surface area contributed by atoms with Crippen LogP contribution in [0.15, 0.2) is 41.0 Å². The molecule has 3 rings (SSSR count). The van der Waals surface area contributed by atoms with Crippen LogP contribution in [-0.4, -0.2) is 14.9 Å². The maximum atomic E-state index is 10.5. The average molecular weight is 284 g/mol. The molecule has 0 bridgehead atoms. The van der Waals surface area contributed by atoms with Crippen LogP contribution in [0.5, 0.6) is 0 Å². The van der Waals surface area contributed by atoms with E-state index in [0.717, 1.165) is 40.9 Å². The van der Waals surface area contributed by atoms with Crippen LogP contribution in [0.3, 0.4) is 0 Å². The summed E-state index contributed by atoms with van der Waals surface area (Å²) in [5, 5.41) is 16.3. The van der Waals surface area contributed by atoms with E-state index in [1.807, 2.05) is 29.8 Å². The second kappa shape index (κ2) is 5.74. The normalized spacial score (nSPS) is 12.9. The second-order valence-corrected chi connectivity index (χ2v) is 5.15. The molecule has 0 aliphatic rings. The molecule has 110 valence electrons. The molecule has 0 spiro atoms. The minimum Gasteiger partial charge on any atom is -0.469 e. The molecule has 0 aliphatic carbocycles. The Labute approximate surface area is 124 Å². The van der Waals surface area contributed by atoms with E-state index in [1.165, 1.54) is 0 Å². The summed E-state index contributed by atoms with van der Waals surface area (Å²) >= 11 is 0. The first-order valence-corrected chi connectivity index (χ1v) is 7.43. The van der Waals surface area contributed by atoms with Crippen molar-refractivity contribution in [1.82, 2.24) is 9.78 Å². The zero-order valence-electron chi connectivity index (χ0n) is 12.4. The van der Waals surface area contributed by atoms with Crippen LogP contribution < -0.4 is 0 Å². The topological polar surface area (TPSA) is 51.2 Å². The largest absolute Gasteiger partial charge is 0.469 e. The lowest BCUT2D eigenvalue weighted by Crippen LogP contribution is -2.05. The summed E-state index contributed by atoms with van der Waals surface area (Å²) in [5.41, 5.74) is 2.92. The van der Waals surface area contributed by atoms with Gasteiger partial charge in [0.15, 0.2) is 0 Å². The van der Waals surface area contributed by atoms with Crippen LogP contribution >= 0.6 is 0 Å². The van der Waals surface area contributed by atoms with Gasteiger partial charge in [-0.2, -0.15) is 5.10 Å². The van der Waals surface area contributed by atoms with Gasteiger partial charge in [0.2, 0.25) is 0 Å². The van der Waals surface area contributed by atoms with Crippen molar-refractivity contribution in [3.8, 4) is 0 Å². The molecule has 0 amide bonds. The van der Waals surface area contributed by atoms with Crippen LogP contribution in [0.2, 0.25) is 0 Å². The van der Waals surface area contributed by atoms with Crippen LogP contribution in [0.25, 0.3) is 10.9 Å². The Bertz CT molecular complexity index is 742. The highest BCUT2D eigenvalue weighted by atomic mass is 16.3. The molecule has 1 unspecified atom stereocenters. The van der Waals surface area contributed by atoms with Gasteiger partial charge in [-0.05, 0) is 19.1 Å². The maximum absolute atomic E-state index is 10.5. The van der Waals surface area contributed by atoms with Gasteiger partial charge < -0.3 is 9.52 Å². The van der Waals surface area contributed by atoms with E-state index in [1.54, 1.807) is 6.26 Å². The number of nitrogens with zero attached hydrogens (tertiary/aromatic N) is 2. The number of aliphatic hydroxyl groups excluding tert-OH is 1. The number of aryl methyl sites for hydroxylation is 2. The highest BCUT2D eigenvalue weighted by Crippen LogP contribution is 2.26. The molecule has 4 heteroatoms. The fourth-order valence-electron chi connectivity index (χ4n) is 2.82. The molecule has 0 saturated carbocycles. The first-order chi connectivity index (χ1) is 10.2. The number of fused-ring (bicyclic) bond motifs is 1. The van der Waals surface area contributed by atoms with Gasteiger partial charge >= 0.3 is 0 Å². The number of rotatable bonds is 5.